The number of aliphatic hydroxyl groups is 1. The molecule has 7 nitrogen and oxygen atoms in total. The molecule has 122 valence electrons. The molecule has 1 saturated heterocycles. The van der Waals surface area contributed by atoms with Gasteiger partial charge in [0.2, 0.25) is 0 Å². The zero-order valence-corrected chi connectivity index (χ0v) is 13.3. The van der Waals surface area contributed by atoms with Gasteiger partial charge < -0.3 is 10.0 Å². The first kappa shape index (κ1) is 15.5. The van der Waals surface area contributed by atoms with Gasteiger partial charge in [0, 0.05) is 18.5 Å². The lowest BCUT2D eigenvalue weighted by atomic mass is 9.82. The molecule has 1 aliphatic heterocycles. The van der Waals surface area contributed by atoms with E-state index < -0.39 is 0 Å². The Bertz CT molecular complexity index is 687. The first-order valence-corrected chi connectivity index (χ1v) is 7.66. The van der Waals surface area contributed by atoms with Gasteiger partial charge in [0.05, 0.1) is 18.5 Å². The van der Waals surface area contributed by atoms with Crippen LogP contribution in [0.15, 0.2) is 36.5 Å². The Morgan fingerprint density at radius 1 is 1.43 bits per heavy atom. The molecule has 0 saturated carbocycles. The van der Waals surface area contributed by atoms with Gasteiger partial charge in [0.25, 0.3) is 0 Å². The summed E-state index contributed by atoms with van der Waals surface area (Å²) < 4.78 is 1.59. The van der Waals surface area contributed by atoms with E-state index in [1.807, 2.05) is 37.3 Å². The van der Waals surface area contributed by atoms with Crippen LogP contribution in [0.4, 0.5) is 10.6 Å². The van der Waals surface area contributed by atoms with Gasteiger partial charge in [-0.2, -0.15) is 4.68 Å². The standard InChI is InChI=1S/C16H21N5O2/c1-12-9-20(10-16(12,2)11-22)15(23)18-14-8-17-19-21(14)13-6-4-3-5-7-13/h3-8,12,22H,9-11H2,1-2H3,(H,18,23). The van der Waals surface area contributed by atoms with Gasteiger partial charge in [-0.15, -0.1) is 5.10 Å². The summed E-state index contributed by atoms with van der Waals surface area (Å²) >= 11 is 0. The van der Waals surface area contributed by atoms with E-state index in [9.17, 15) is 9.90 Å². The fraction of sp³-hybridized carbons (Fsp3) is 0.438. The number of amides is 2. The molecule has 2 N–H and O–H groups in total. The van der Waals surface area contributed by atoms with Crippen molar-refractivity contribution in [2.45, 2.75) is 13.8 Å². The molecule has 1 aromatic carbocycles. The summed E-state index contributed by atoms with van der Waals surface area (Å²) in [6, 6.07) is 9.30. The number of anilines is 1. The molecule has 23 heavy (non-hydrogen) atoms. The number of benzene rings is 1. The van der Waals surface area contributed by atoms with Gasteiger partial charge in [-0.05, 0) is 18.1 Å². The van der Waals surface area contributed by atoms with Crippen LogP contribution in [-0.4, -0.2) is 50.7 Å². The molecule has 2 unspecified atom stereocenters. The van der Waals surface area contributed by atoms with Crippen molar-refractivity contribution in [3.05, 3.63) is 36.5 Å². The van der Waals surface area contributed by atoms with E-state index in [-0.39, 0.29) is 24.0 Å². The Kier molecular flexibility index (Phi) is 4.04. The van der Waals surface area contributed by atoms with Crippen molar-refractivity contribution in [1.29, 1.82) is 0 Å². The topological polar surface area (TPSA) is 83.3 Å². The Labute approximate surface area is 134 Å². The third-order valence-corrected chi connectivity index (χ3v) is 4.67. The van der Waals surface area contributed by atoms with Crippen LogP contribution in [0.25, 0.3) is 5.69 Å². The third-order valence-electron chi connectivity index (χ3n) is 4.67. The van der Waals surface area contributed by atoms with E-state index in [0.717, 1.165) is 5.69 Å². The normalized spacial score (nSPS) is 24.0. The Morgan fingerprint density at radius 3 is 2.83 bits per heavy atom. The minimum atomic E-state index is -0.255. The molecule has 2 heterocycles. The Hall–Kier alpha value is -2.41. The largest absolute Gasteiger partial charge is 0.396 e. The number of aromatic nitrogens is 3. The van der Waals surface area contributed by atoms with Gasteiger partial charge in [-0.1, -0.05) is 37.3 Å². The summed E-state index contributed by atoms with van der Waals surface area (Å²) in [5.74, 6) is 0.766. The molecule has 0 radical (unpaired) electrons. The summed E-state index contributed by atoms with van der Waals surface area (Å²) in [4.78, 5) is 14.2. The fourth-order valence-corrected chi connectivity index (χ4v) is 2.84. The molecule has 1 aromatic heterocycles. The third kappa shape index (κ3) is 2.92. The molecule has 2 aromatic rings. The van der Waals surface area contributed by atoms with Crippen molar-refractivity contribution in [2.75, 3.05) is 25.0 Å². The predicted molar refractivity (Wildman–Crippen MR) is 86.3 cm³/mol. The molecule has 2 amide bonds. The van der Waals surface area contributed by atoms with Crippen molar-refractivity contribution < 1.29 is 9.90 Å². The summed E-state index contributed by atoms with van der Waals surface area (Å²) in [5, 5.41) is 20.3. The average Bonchev–Trinajstić information content (AvgIpc) is 3.14. The summed E-state index contributed by atoms with van der Waals surface area (Å²) in [5.41, 5.74) is 0.574. The molecule has 1 fully saturated rings. The van der Waals surface area contributed by atoms with E-state index in [4.69, 9.17) is 0 Å². The molecule has 0 spiro atoms. The second-order valence-corrected chi connectivity index (χ2v) is 6.39. The lowest BCUT2D eigenvalue weighted by Crippen LogP contribution is -2.36. The Balaban J connectivity index is 1.74. The molecule has 0 aliphatic carbocycles. The van der Waals surface area contributed by atoms with Crippen LogP contribution in [0.3, 0.4) is 0 Å². The average molecular weight is 315 g/mol. The number of carbonyl (C=O) groups excluding carboxylic acids is 1. The minimum Gasteiger partial charge on any atom is -0.396 e. The van der Waals surface area contributed by atoms with Crippen LogP contribution < -0.4 is 5.32 Å². The minimum absolute atomic E-state index is 0.0709. The summed E-state index contributed by atoms with van der Waals surface area (Å²) in [6.45, 7) is 5.28. The number of nitrogens with zero attached hydrogens (tertiary/aromatic N) is 4. The molecular weight excluding hydrogens is 294 g/mol. The van der Waals surface area contributed by atoms with Crippen LogP contribution in [-0.2, 0) is 0 Å². The SMILES string of the molecule is CC1CN(C(=O)Nc2cnnn2-c2ccccc2)CC1(C)CO. The smallest absolute Gasteiger partial charge is 0.323 e. The number of hydrogen-bond acceptors (Lipinski definition) is 4. The lowest BCUT2D eigenvalue weighted by Gasteiger charge is -2.25. The first-order valence-electron chi connectivity index (χ1n) is 7.66. The van der Waals surface area contributed by atoms with E-state index in [2.05, 4.69) is 22.6 Å². The number of aliphatic hydroxyl groups excluding tert-OH is 1. The zero-order valence-electron chi connectivity index (χ0n) is 13.3. The van der Waals surface area contributed by atoms with Crippen molar-refractivity contribution in [3.63, 3.8) is 0 Å². The zero-order chi connectivity index (χ0) is 16.4. The molecule has 3 rings (SSSR count). The van der Waals surface area contributed by atoms with E-state index in [1.54, 1.807) is 9.58 Å². The number of likely N-dealkylation sites (tertiary alicyclic amines) is 1. The molecule has 2 atom stereocenters. The van der Waals surface area contributed by atoms with Gasteiger partial charge in [-0.25, -0.2) is 4.79 Å². The number of nitrogens with one attached hydrogen (secondary N) is 1. The van der Waals surface area contributed by atoms with Gasteiger partial charge in [0.15, 0.2) is 5.82 Å². The van der Waals surface area contributed by atoms with Crippen molar-refractivity contribution >= 4 is 11.8 Å². The fourth-order valence-electron chi connectivity index (χ4n) is 2.84. The second-order valence-electron chi connectivity index (χ2n) is 6.39. The maximum absolute atomic E-state index is 12.5. The molecule has 1 aliphatic rings. The van der Waals surface area contributed by atoms with Crippen LogP contribution in [0.5, 0.6) is 0 Å². The predicted octanol–water partition coefficient (Wildman–Crippen LogP) is 1.75. The van der Waals surface area contributed by atoms with Crippen molar-refractivity contribution in [1.82, 2.24) is 19.9 Å². The monoisotopic (exact) mass is 315 g/mol. The maximum atomic E-state index is 12.5. The molecular formula is C16H21N5O2. The highest BCUT2D eigenvalue weighted by atomic mass is 16.3. The number of rotatable bonds is 3. The Morgan fingerprint density at radius 2 is 2.17 bits per heavy atom. The highest BCUT2D eigenvalue weighted by Crippen LogP contribution is 2.35. The van der Waals surface area contributed by atoms with Crippen molar-refractivity contribution in [2.24, 2.45) is 11.3 Å². The van der Waals surface area contributed by atoms with E-state index in [1.165, 1.54) is 6.20 Å². The second kappa shape index (κ2) is 6.00. The van der Waals surface area contributed by atoms with Crippen LogP contribution in [0.1, 0.15) is 13.8 Å². The van der Waals surface area contributed by atoms with Crippen LogP contribution in [0.2, 0.25) is 0 Å². The van der Waals surface area contributed by atoms with Gasteiger partial charge in [0.1, 0.15) is 0 Å². The first-order chi connectivity index (χ1) is 11.0. The lowest BCUT2D eigenvalue weighted by molar-refractivity contribution is 0.119. The summed E-state index contributed by atoms with van der Waals surface area (Å²) in [7, 11) is 0. The maximum Gasteiger partial charge on any atom is 0.323 e. The quantitative estimate of drug-likeness (QED) is 0.904. The van der Waals surface area contributed by atoms with Gasteiger partial charge in [-0.3, -0.25) is 5.32 Å². The molecule has 0 bridgehead atoms. The number of urea groups is 1. The van der Waals surface area contributed by atoms with Crippen LogP contribution >= 0.6 is 0 Å². The highest BCUT2D eigenvalue weighted by Gasteiger charge is 2.41. The number of carbonyl (C=O) groups is 1. The highest BCUT2D eigenvalue weighted by molar-refractivity contribution is 5.88. The van der Waals surface area contributed by atoms with E-state index >= 15 is 0 Å². The van der Waals surface area contributed by atoms with Crippen molar-refractivity contribution in [3.8, 4) is 5.69 Å². The number of para-hydroxylation sites is 1. The van der Waals surface area contributed by atoms with E-state index in [0.29, 0.717) is 18.9 Å². The summed E-state index contributed by atoms with van der Waals surface area (Å²) in [6.07, 6.45) is 1.52. The van der Waals surface area contributed by atoms with Gasteiger partial charge >= 0.3 is 6.03 Å². The van der Waals surface area contributed by atoms with Crippen LogP contribution in [0, 0.1) is 11.3 Å². The molecule has 7 heteroatoms. The number of hydrogen-bond donors (Lipinski definition) is 2.